The van der Waals surface area contributed by atoms with Gasteiger partial charge in [-0.2, -0.15) is 0 Å². The van der Waals surface area contributed by atoms with Crippen molar-refractivity contribution in [2.24, 2.45) is 0 Å². The third-order valence-corrected chi connectivity index (χ3v) is 3.33. The van der Waals surface area contributed by atoms with E-state index in [9.17, 15) is 18.0 Å². The summed E-state index contributed by atoms with van der Waals surface area (Å²) in [6, 6.07) is 6.09. The molecule has 0 saturated heterocycles. The number of esters is 1. The molecule has 0 fully saturated rings. The van der Waals surface area contributed by atoms with Gasteiger partial charge in [0.2, 0.25) is 0 Å². The van der Waals surface area contributed by atoms with Crippen molar-refractivity contribution in [3.8, 4) is 0 Å². The van der Waals surface area contributed by atoms with E-state index >= 15 is 0 Å². The summed E-state index contributed by atoms with van der Waals surface area (Å²) in [4.78, 5) is 23.5. The largest absolute Gasteiger partial charge is 0.456 e. The van der Waals surface area contributed by atoms with Crippen molar-refractivity contribution in [1.82, 2.24) is 10.3 Å². The van der Waals surface area contributed by atoms with E-state index in [4.69, 9.17) is 0 Å². The van der Waals surface area contributed by atoms with Crippen LogP contribution in [-0.4, -0.2) is 26.9 Å². The quantitative estimate of drug-likeness (QED) is 0.580. The fourth-order valence-electron chi connectivity index (χ4n) is 1.10. The van der Waals surface area contributed by atoms with E-state index in [0.29, 0.717) is 0 Å². The topological polar surface area (TPSA) is 102 Å². The maximum atomic E-state index is 11.8. The number of hydrogen-bond acceptors (Lipinski definition) is 5. The third kappa shape index (κ3) is 5.06. The van der Waals surface area contributed by atoms with E-state index in [1.807, 2.05) is 17.2 Å². The minimum Gasteiger partial charge on any atom is -0.456 e. The van der Waals surface area contributed by atoms with Crippen LogP contribution < -0.4 is 10.3 Å². The molecule has 0 aromatic heterocycles. The van der Waals surface area contributed by atoms with Gasteiger partial charge in [-0.25, -0.2) is 8.42 Å². The van der Waals surface area contributed by atoms with Gasteiger partial charge >= 0.3 is 5.97 Å². The summed E-state index contributed by atoms with van der Waals surface area (Å²) in [6.45, 7) is 2.42. The van der Waals surface area contributed by atoms with Gasteiger partial charge in [0.05, 0.1) is 4.90 Å². The zero-order chi connectivity index (χ0) is 14.5. The molecule has 19 heavy (non-hydrogen) atoms. The molecule has 0 aliphatic rings. The predicted octanol–water partition coefficient (Wildman–Crippen LogP) is -0.132. The fourth-order valence-corrected chi connectivity index (χ4v) is 1.96. The highest BCUT2D eigenvalue weighted by Gasteiger charge is 2.14. The lowest BCUT2D eigenvalue weighted by Gasteiger charge is -2.08. The van der Waals surface area contributed by atoms with Gasteiger partial charge in [-0.3, -0.25) is 15.0 Å². The summed E-state index contributed by atoms with van der Waals surface area (Å²) < 4.78 is 27.9. The van der Waals surface area contributed by atoms with E-state index in [-0.39, 0.29) is 4.90 Å². The average Bonchev–Trinajstić information content (AvgIpc) is 2.34. The van der Waals surface area contributed by atoms with Crippen molar-refractivity contribution in [3.05, 3.63) is 29.8 Å². The molecule has 0 bridgehead atoms. The summed E-state index contributed by atoms with van der Waals surface area (Å²) in [5, 5.41) is 0. The number of carbonyl (C=O) groups is 2. The first-order valence-corrected chi connectivity index (χ1v) is 6.80. The van der Waals surface area contributed by atoms with E-state index < -0.39 is 28.5 Å². The van der Waals surface area contributed by atoms with Crippen LogP contribution in [0.4, 0.5) is 0 Å². The summed E-state index contributed by atoms with van der Waals surface area (Å²) in [5.41, 5.74) is 2.85. The second-order valence-corrected chi connectivity index (χ2v) is 5.43. The first kappa shape index (κ1) is 15.1. The normalized spacial score (nSPS) is 10.8. The molecule has 1 aromatic rings. The molecule has 8 heteroatoms. The number of nitrogens with one attached hydrogen (secondary N) is 2. The van der Waals surface area contributed by atoms with E-state index in [1.54, 1.807) is 12.1 Å². The number of ether oxygens (including phenoxy) is 1. The number of hydrogen-bond donors (Lipinski definition) is 2. The van der Waals surface area contributed by atoms with Crippen molar-refractivity contribution in [2.45, 2.75) is 18.7 Å². The van der Waals surface area contributed by atoms with Crippen molar-refractivity contribution in [3.63, 3.8) is 0 Å². The summed E-state index contributed by atoms with van der Waals surface area (Å²) in [6.07, 6.45) is 0. The van der Waals surface area contributed by atoms with Gasteiger partial charge in [-0.05, 0) is 19.1 Å². The maximum absolute atomic E-state index is 11.8. The molecule has 1 rings (SSSR count). The molecule has 0 aliphatic heterocycles. The second kappa shape index (κ2) is 6.30. The molecule has 0 radical (unpaired) electrons. The molecule has 0 spiro atoms. The zero-order valence-corrected chi connectivity index (χ0v) is 11.3. The molecule has 104 valence electrons. The lowest BCUT2D eigenvalue weighted by Crippen LogP contribution is -2.43. The molecule has 2 N–H and O–H groups in total. The number of sulfonamides is 1. The van der Waals surface area contributed by atoms with Gasteiger partial charge in [0.15, 0.2) is 6.61 Å². The number of amides is 1. The van der Waals surface area contributed by atoms with Crippen molar-refractivity contribution >= 4 is 21.9 Å². The van der Waals surface area contributed by atoms with Crippen LogP contribution in [-0.2, 0) is 24.3 Å². The Balaban J connectivity index is 2.58. The molecule has 0 aliphatic carbocycles. The smallest absolute Gasteiger partial charge is 0.303 e. The predicted molar refractivity (Wildman–Crippen MR) is 66.3 cm³/mol. The Morgan fingerprint density at radius 3 is 2.32 bits per heavy atom. The number of carbonyl (C=O) groups excluding carboxylic acids is 2. The average molecular weight is 286 g/mol. The summed E-state index contributed by atoms with van der Waals surface area (Å²) >= 11 is 0. The van der Waals surface area contributed by atoms with Crippen LogP contribution in [0.1, 0.15) is 12.5 Å². The van der Waals surface area contributed by atoms with Gasteiger partial charge in [0, 0.05) is 6.92 Å². The highest BCUT2D eigenvalue weighted by molar-refractivity contribution is 7.89. The van der Waals surface area contributed by atoms with E-state index in [0.717, 1.165) is 12.5 Å². The lowest BCUT2D eigenvalue weighted by atomic mass is 10.2. The molecule has 1 aromatic carbocycles. The standard InChI is InChI=1S/C11H14N2O5S/c1-8-3-5-10(6-4-8)19(16,17)13-12-11(15)7-18-9(2)14/h3-6,13H,7H2,1-2H3,(H,12,15). The highest BCUT2D eigenvalue weighted by atomic mass is 32.2. The second-order valence-electron chi connectivity index (χ2n) is 3.75. The lowest BCUT2D eigenvalue weighted by molar-refractivity contribution is -0.146. The molecule has 0 saturated carbocycles. The molecule has 7 nitrogen and oxygen atoms in total. The third-order valence-electron chi connectivity index (χ3n) is 2.06. The van der Waals surface area contributed by atoms with Crippen molar-refractivity contribution in [1.29, 1.82) is 0 Å². The van der Waals surface area contributed by atoms with Crippen LogP contribution in [0, 0.1) is 6.92 Å². The number of benzene rings is 1. The molecular formula is C11H14N2O5S. The highest BCUT2D eigenvalue weighted by Crippen LogP contribution is 2.08. The Bertz CT molecular complexity index is 565. The first-order chi connectivity index (χ1) is 8.81. The van der Waals surface area contributed by atoms with Gasteiger partial charge < -0.3 is 4.74 Å². The number of hydrazine groups is 1. The molecule has 1 amide bonds. The molecule has 0 atom stereocenters. The Labute approximate surface area is 111 Å². The van der Waals surface area contributed by atoms with E-state index in [2.05, 4.69) is 4.74 Å². The molecule has 0 heterocycles. The first-order valence-electron chi connectivity index (χ1n) is 5.32. The van der Waals surface area contributed by atoms with Crippen LogP contribution in [0.2, 0.25) is 0 Å². The zero-order valence-electron chi connectivity index (χ0n) is 10.5. The van der Waals surface area contributed by atoms with Crippen LogP contribution in [0.25, 0.3) is 0 Å². The van der Waals surface area contributed by atoms with Crippen LogP contribution in [0.15, 0.2) is 29.2 Å². The number of rotatable bonds is 5. The SMILES string of the molecule is CC(=O)OCC(=O)NNS(=O)(=O)c1ccc(C)cc1. The van der Waals surface area contributed by atoms with Crippen LogP contribution in [0.3, 0.4) is 0 Å². The van der Waals surface area contributed by atoms with Crippen LogP contribution in [0.5, 0.6) is 0 Å². The van der Waals surface area contributed by atoms with Gasteiger partial charge in [0.25, 0.3) is 15.9 Å². The monoisotopic (exact) mass is 286 g/mol. The molecule has 0 unspecified atom stereocenters. The summed E-state index contributed by atoms with van der Waals surface area (Å²) in [5.74, 6) is -1.40. The minimum absolute atomic E-state index is 0.0193. The fraction of sp³-hybridized carbons (Fsp3) is 0.273. The van der Waals surface area contributed by atoms with Gasteiger partial charge in [-0.1, -0.05) is 17.7 Å². The number of aryl methyl sites for hydroxylation is 1. The van der Waals surface area contributed by atoms with Crippen LogP contribution >= 0.6 is 0 Å². The Hall–Kier alpha value is -1.93. The van der Waals surface area contributed by atoms with Gasteiger partial charge in [-0.15, -0.1) is 4.83 Å². The van der Waals surface area contributed by atoms with E-state index in [1.165, 1.54) is 12.1 Å². The maximum Gasteiger partial charge on any atom is 0.303 e. The Kier molecular flexibility index (Phi) is 5.02. The van der Waals surface area contributed by atoms with Crippen molar-refractivity contribution < 1.29 is 22.7 Å². The molecular weight excluding hydrogens is 272 g/mol. The Morgan fingerprint density at radius 2 is 1.79 bits per heavy atom. The Morgan fingerprint density at radius 1 is 1.21 bits per heavy atom. The minimum atomic E-state index is -3.83. The van der Waals surface area contributed by atoms with Crippen molar-refractivity contribution in [2.75, 3.05) is 6.61 Å². The summed E-state index contributed by atoms with van der Waals surface area (Å²) in [7, 11) is -3.83. The van der Waals surface area contributed by atoms with Gasteiger partial charge in [0.1, 0.15) is 0 Å².